The normalized spacial score (nSPS) is 23.8. The van der Waals surface area contributed by atoms with Gasteiger partial charge in [-0.1, -0.05) is 44.2 Å². The first-order valence-corrected chi connectivity index (χ1v) is 6.59. The molecule has 2 N–H and O–H groups in total. The van der Waals surface area contributed by atoms with E-state index < -0.39 is 0 Å². The summed E-state index contributed by atoms with van der Waals surface area (Å²) in [6, 6.07) is 10.0. The highest BCUT2D eigenvalue weighted by Crippen LogP contribution is 2.47. The van der Waals surface area contributed by atoms with Crippen molar-refractivity contribution in [3.8, 4) is 0 Å². The number of rotatable bonds is 5. The van der Waals surface area contributed by atoms with E-state index in [0.717, 1.165) is 6.42 Å². The van der Waals surface area contributed by atoms with Gasteiger partial charge < -0.3 is 10.4 Å². The lowest BCUT2D eigenvalue weighted by molar-refractivity contribution is -0.123. The van der Waals surface area contributed by atoms with Gasteiger partial charge in [0.05, 0.1) is 12.6 Å². The minimum Gasteiger partial charge on any atom is -0.394 e. The van der Waals surface area contributed by atoms with Crippen LogP contribution in [0.5, 0.6) is 0 Å². The molecule has 18 heavy (non-hydrogen) atoms. The van der Waals surface area contributed by atoms with Crippen molar-refractivity contribution in [2.75, 3.05) is 6.61 Å². The number of carbonyl (C=O) groups excluding carboxylic acids is 1. The van der Waals surface area contributed by atoms with Crippen LogP contribution in [0.25, 0.3) is 0 Å². The van der Waals surface area contributed by atoms with E-state index in [0.29, 0.717) is 5.92 Å². The summed E-state index contributed by atoms with van der Waals surface area (Å²) in [4.78, 5) is 12.0. The van der Waals surface area contributed by atoms with Crippen molar-refractivity contribution in [1.82, 2.24) is 5.32 Å². The Hall–Kier alpha value is -1.35. The van der Waals surface area contributed by atoms with E-state index in [1.807, 2.05) is 32.0 Å². The van der Waals surface area contributed by atoms with Gasteiger partial charge in [-0.05, 0) is 23.8 Å². The molecule has 0 saturated heterocycles. The van der Waals surface area contributed by atoms with Crippen molar-refractivity contribution in [2.24, 2.45) is 11.8 Å². The predicted molar refractivity (Wildman–Crippen MR) is 71.1 cm³/mol. The van der Waals surface area contributed by atoms with Crippen LogP contribution in [0.4, 0.5) is 0 Å². The maximum absolute atomic E-state index is 12.0. The molecule has 1 aromatic carbocycles. The predicted octanol–water partition coefficient (Wildman–Crippen LogP) is 1.92. The Morgan fingerprint density at radius 1 is 1.39 bits per heavy atom. The van der Waals surface area contributed by atoms with Gasteiger partial charge in [-0.2, -0.15) is 0 Å². The number of aliphatic hydroxyl groups is 1. The topological polar surface area (TPSA) is 49.3 Å². The van der Waals surface area contributed by atoms with Gasteiger partial charge in [0.1, 0.15) is 0 Å². The number of aliphatic hydroxyl groups excluding tert-OH is 1. The summed E-state index contributed by atoms with van der Waals surface area (Å²) < 4.78 is 0. The van der Waals surface area contributed by atoms with Crippen molar-refractivity contribution in [3.05, 3.63) is 35.9 Å². The molecule has 3 nitrogen and oxygen atoms in total. The average Bonchev–Trinajstić information content (AvgIpc) is 3.16. The third-order valence-corrected chi connectivity index (χ3v) is 3.68. The third-order valence-electron chi connectivity index (χ3n) is 3.68. The van der Waals surface area contributed by atoms with Gasteiger partial charge in [0.2, 0.25) is 5.91 Å². The van der Waals surface area contributed by atoms with Crippen molar-refractivity contribution in [2.45, 2.75) is 32.2 Å². The summed E-state index contributed by atoms with van der Waals surface area (Å²) in [6.07, 6.45) is 0.923. The van der Waals surface area contributed by atoms with Crippen LogP contribution in [0.2, 0.25) is 0 Å². The number of carbonyl (C=O) groups is 1. The molecule has 1 aromatic rings. The molecule has 0 heterocycles. The van der Waals surface area contributed by atoms with Gasteiger partial charge in [-0.3, -0.25) is 4.79 Å². The lowest BCUT2D eigenvalue weighted by atomic mass is 10.0. The molecule has 0 radical (unpaired) electrons. The Morgan fingerprint density at radius 3 is 2.61 bits per heavy atom. The van der Waals surface area contributed by atoms with E-state index in [1.165, 1.54) is 5.56 Å². The summed E-state index contributed by atoms with van der Waals surface area (Å²) in [6.45, 7) is 4.01. The van der Waals surface area contributed by atoms with Crippen molar-refractivity contribution >= 4 is 5.91 Å². The first kappa shape index (κ1) is 13.1. The molecule has 1 aliphatic carbocycles. The molecule has 1 aliphatic rings. The molecule has 1 amide bonds. The summed E-state index contributed by atoms with van der Waals surface area (Å²) in [5, 5.41) is 12.2. The second kappa shape index (κ2) is 5.53. The lowest BCUT2D eigenvalue weighted by Crippen LogP contribution is -2.42. The molecule has 0 spiro atoms. The number of benzene rings is 1. The smallest absolute Gasteiger partial charge is 0.224 e. The summed E-state index contributed by atoms with van der Waals surface area (Å²) in [5.74, 6) is 0.780. The maximum Gasteiger partial charge on any atom is 0.224 e. The molecule has 0 bridgehead atoms. The van der Waals surface area contributed by atoms with Crippen LogP contribution in [-0.2, 0) is 4.79 Å². The third kappa shape index (κ3) is 2.91. The summed E-state index contributed by atoms with van der Waals surface area (Å²) in [7, 11) is 0. The minimum atomic E-state index is -0.130. The SMILES string of the molecule is CC(C)[C@@H](CO)NC(=O)C1CC1c1ccccc1. The standard InChI is InChI=1S/C15H21NO2/c1-10(2)14(9-17)16-15(18)13-8-12(13)11-6-4-3-5-7-11/h3-7,10,12-14,17H,8-9H2,1-2H3,(H,16,18)/t12?,13?,14-/m1/s1. The Balaban J connectivity index is 1.90. The number of nitrogens with one attached hydrogen (secondary N) is 1. The van der Waals surface area contributed by atoms with E-state index in [9.17, 15) is 9.90 Å². The Bertz CT molecular complexity index is 402. The fraction of sp³-hybridized carbons (Fsp3) is 0.533. The van der Waals surface area contributed by atoms with Crippen LogP contribution in [0.3, 0.4) is 0 Å². The van der Waals surface area contributed by atoms with E-state index in [1.54, 1.807) is 0 Å². The van der Waals surface area contributed by atoms with Crippen LogP contribution in [0.1, 0.15) is 31.7 Å². The number of hydrogen-bond acceptors (Lipinski definition) is 2. The molecule has 0 aromatic heterocycles. The van der Waals surface area contributed by atoms with Crippen LogP contribution in [-0.4, -0.2) is 23.7 Å². The van der Waals surface area contributed by atoms with E-state index in [2.05, 4.69) is 17.4 Å². The molecular formula is C15H21NO2. The van der Waals surface area contributed by atoms with Gasteiger partial charge >= 0.3 is 0 Å². The molecule has 2 unspecified atom stereocenters. The Labute approximate surface area is 108 Å². The van der Waals surface area contributed by atoms with Gasteiger partial charge in [-0.15, -0.1) is 0 Å². The van der Waals surface area contributed by atoms with Gasteiger partial charge in [-0.25, -0.2) is 0 Å². The Morgan fingerprint density at radius 2 is 2.06 bits per heavy atom. The summed E-state index contributed by atoms with van der Waals surface area (Å²) in [5.41, 5.74) is 1.24. The van der Waals surface area contributed by atoms with Gasteiger partial charge in [0, 0.05) is 5.92 Å². The zero-order valence-electron chi connectivity index (χ0n) is 11.0. The monoisotopic (exact) mass is 247 g/mol. The van der Waals surface area contributed by atoms with E-state index in [4.69, 9.17) is 0 Å². The Kier molecular flexibility index (Phi) is 4.02. The van der Waals surface area contributed by atoms with Gasteiger partial charge in [0.15, 0.2) is 0 Å². The molecule has 1 fully saturated rings. The van der Waals surface area contributed by atoms with Crippen molar-refractivity contribution in [1.29, 1.82) is 0 Å². The second-order valence-corrected chi connectivity index (χ2v) is 5.40. The molecule has 3 atom stereocenters. The van der Waals surface area contributed by atoms with Crippen LogP contribution in [0.15, 0.2) is 30.3 Å². The minimum absolute atomic E-state index is 0.00608. The number of hydrogen-bond donors (Lipinski definition) is 2. The molecule has 0 aliphatic heterocycles. The van der Waals surface area contributed by atoms with E-state index in [-0.39, 0.29) is 30.4 Å². The highest BCUT2D eigenvalue weighted by Gasteiger charge is 2.44. The second-order valence-electron chi connectivity index (χ2n) is 5.40. The maximum atomic E-state index is 12.0. The zero-order valence-corrected chi connectivity index (χ0v) is 11.0. The van der Waals surface area contributed by atoms with Crippen LogP contribution >= 0.6 is 0 Å². The van der Waals surface area contributed by atoms with E-state index >= 15 is 0 Å². The first-order valence-electron chi connectivity index (χ1n) is 6.59. The van der Waals surface area contributed by atoms with Gasteiger partial charge in [0.25, 0.3) is 0 Å². The lowest BCUT2D eigenvalue weighted by Gasteiger charge is -2.19. The molecule has 98 valence electrons. The van der Waals surface area contributed by atoms with Crippen LogP contribution in [0, 0.1) is 11.8 Å². The fourth-order valence-corrected chi connectivity index (χ4v) is 2.27. The fourth-order valence-electron chi connectivity index (χ4n) is 2.27. The highest BCUT2D eigenvalue weighted by molar-refractivity contribution is 5.83. The molecule has 2 rings (SSSR count). The van der Waals surface area contributed by atoms with Crippen molar-refractivity contribution in [3.63, 3.8) is 0 Å². The molecule has 1 saturated carbocycles. The summed E-state index contributed by atoms with van der Waals surface area (Å²) >= 11 is 0. The molecular weight excluding hydrogens is 226 g/mol. The van der Waals surface area contributed by atoms with Crippen molar-refractivity contribution < 1.29 is 9.90 Å². The molecule has 3 heteroatoms. The zero-order chi connectivity index (χ0) is 13.1. The largest absolute Gasteiger partial charge is 0.394 e. The average molecular weight is 247 g/mol. The number of amides is 1. The quantitative estimate of drug-likeness (QED) is 0.835. The first-order chi connectivity index (χ1) is 8.63. The van der Waals surface area contributed by atoms with Crippen LogP contribution < -0.4 is 5.32 Å². The highest BCUT2D eigenvalue weighted by atomic mass is 16.3.